The quantitative estimate of drug-likeness (QED) is 0.759. The van der Waals surface area contributed by atoms with E-state index in [4.69, 9.17) is 0 Å². The number of benzene rings is 2. The van der Waals surface area contributed by atoms with Crippen molar-refractivity contribution < 1.29 is 4.79 Å². The van der Waals surface area contributed by atoms with E-state index < -0.39 is 0 Å². The van der Waals surface area contributed by atoms with Crippen molar-refractivity contribution in [2.24, 2.45) is 0 Å². The van der Waals surface area contributed by atoms with Crippen LogP contribution in [0.25, 0.3) is 22.4 Å². The summed E-state index contributed by atoms with van der Waals surface area (Å²) in [6.45, 7) is 3.40. The molecule has 0 fully saturated rings. The predicted octanol–water partition coefficient (Wildman–Crippen LogP) is 2.83. The molecule has 0 saturated heterocycles. The molecule has 1 aromatic heterocycles. The van der Waals surface area contributed by atoms with Gasteiger partial charge in [0.25, 0.3) is 5.91 Å². The lowest BCUT2D eigenvalue weighted by molar-refractivity contribution is 0.0952. The van der Waals surface area contributed by atoms with E-state index in [0.717, 1.165) is 29.0 Å². The highest BCUT2D eigenvalue weighted by Gasteiger charge is 2.15. The number of carbonyl (C=O) groups is 1. The summed E-state index contributed by atoms with van der Waals surface area (Å²) in [5.41, 5.74) is 4.24. The van der Waals surface area contributed by atoms with Gasteiger partial charge in [-0.25, -0.2) is 4.98 Å². The Morgan fingerprint density at radius 2 is 1.96 bits per heavy atom. The third kappa shape index (κ3) is 3.46. The number of imidazole rings is 1. The monoisotopic (exact) mass is 322 g/mol. The van der Waals surface area contributed by atoms with Crippen LogP contribution in [0.1, 0.15) is 15.9 Å². The third-order valence-electron chi connectivity index (χ3n) is 3.87. The molecule has 124 valence electrons. The molecule has 2 aromatic carbocycles. The Kier molecular flexibility index (Phi) is 4.62. The van der Waals surface area contributed by atoms with E-state index in [9.17, 15) is 4.79 Å². The maximum absolute atomic E-state index is 12.6. The normalized spacial score (nSPS) is 11.2. The fourth-order valence-electron chi connectivity index (χ4n) is 2.66. The average molecular weight is 322 g/mol. The van der Waals surface area contributed by atoms with Gasteiger partial charge in [-0.3, -0.25) is 4.79 Å². The highest BCUT2D eigenvalue weighted by molar-refractivity contribution is 6.05. The Morgan fingerprint density at radius 1 is 1.21 bits per heavy atom. The van der Waals surface area contributed by atoms with Crippen LogP contribution < -0.4 is 5.32 Å². The fourth-order valence-corrected chi connectivity index (χ4v) is 2.66. The summed E-state index contributed by atoms with van der Waals surface area (Å²) < 4.78 is 0. The highest BCUT2D eigenvalue weighted by Crippen LogP contribution is 2.24. The van der Waals surface area contributed by atoms with Crippen molar-refractivity contribution in [1.82, 2.24) is 20.2 Å². The number of hydrogen-bond acceptors (Lipinski definition) is 3. The minimum absolute atomic E-state index is 0.0864. The molecule has 5 nitrogen and oxygen atoms in total. The minimum atomic E-state index is -0.0864. The predicted molar refractivity (Wildman–Crippen MR) is 97.2 cm³/mol. The van der Waals surface area contributed by atoms with Gasteiger partial charge in [-0.15, -0.1) is 0 Å². The lowest BCUT2D eigenvalue weighted by Crippen LogP contribution is -2.31. The molecule has 0 spiro atoms. The number of likely N-dealkylation sites (N-methyl/N-ethyl adjacent to an activating group) is 1. The topological polar surface area (TPSA) is 61.0 Å². The van der Waals surface area contributed by atoms with Crippen LogP contribution in [0.4, 0.5) is 0 Å². The minimum Gasteiger partial charge on any atom is -0.351 e. The molecule has 0 aliphatic carbocycles. The van der Waals surface area contributed by atoms with Crippen molar-refractivity contribution >= 4 is 16.9 Å². The lowest BCUT2D eigenvalue weighted by atomic mass is 10.1. The SMILES string of the molecule is Cc1cc(C(=O)NCCN(C)C)c2nc(-c3ccccc3)[nH]c2c1. The first-order valence-corrected chi connectivity index (χ1v) is 8.03. The van der Waals surface area contributed by atoms with Crippen molar-refractivity contribution in [3.05, 3.63) is 53.6 Å². The molecule has 1 amide bonds. The summed E-state index contributed by atoms with van der Waals surface area (Å²) >= 11 is 0. The molecule has 3 rings (SSSR count). The van der Waals surface area contributed by atoms with E-state index in [0.29, 0.717) is 17.6 Å². The molecular weight excluding hydrogens is 300 g/mol. The van der Waals surface area contributed by atoms with Crippen molar-refractivity contribution in [2.75, 3.05) is 27.2 Å². The molecule has 0 aliphatic heterocycles. The fraction of sp³-hybridized carbons (Fsp3) is 0.263. The van der Waals surface area contributed by atoms with Gasteiger partial charge in [0.15, 0.2) is 0 Å². The van der Waals surface area contributed by atoms with Gasteiger partial charge in [-0.05, 0) is 38.7 Å². The van der Waals surface area contributed by atoms with E-state index in [-0.39, 0.29) is 5.91 Å². The number of fused-ring (bicyclic) bond motifs is 1. The summed E-state index contributed by atoms with van der Waals surface area (Å²) in [5, 5.41) is 2.96. The maximum Gasteiger partial charge on any atom is 0.253 e. The van der Waals surface area contributed by atoms with Crippen LogP contribution in [-0.2, 0) is 0 Å². The Bertz CT molecular complexity index is 852. The number of carbonyl (C=O) groups excluding carboxylic acids is 1. The summed E-state index contributed by atoms with van der Waals surface area (Å²) in [6, 6.07) is 13.8. The second-order valence-electron chi connectivity index (χ2n) is 6.22. The van der Waals surface area contributed by atoms with Gasteiger partial charge >= 0.3 is 0 Å². The molecule has 3 aromatic rings. The first kappa shape index (κ1) is 16.2. The van der Waals surface area contributed by atoms with Gasteiger partial charge in [0.05, 0.1) is 11.1 Å². The van der Waals surface area contributed by atoms with Crippen LogP contribution in [0.3, 0.4) is 0 Å². The molecule has 0 bridgehead atoms. The molecule has 0 unspecified atom stereocenters. The second kappa shape index (κ2) is 6.84. The number of aryl methyl sites for hydroxylation is 1. The Hall–Kier alpha value is -2.66. The van der Waals surface area contributed by atoms with Crippen molar-refractivity contribution in [1.29, 1.82) is 0 Å². The van der Waals surface area contributed by atoms with Gasteiger partial charge in [0.2, 0.25) is 0 Å². The molecule has 5 heteroatoms. The lowest BCUT2D eigenvalue weighted by Gasteiger charge is -2.11. The molecule has 2 N–H and O–H groups in total. The molecule has 0 atom stereocenters. The number of nitrogens with zero attached hydrogens (tertiary/aromatic N) is 2. The number of rotatable bonds is 5. The zero-order valence-corrected chi connectivity index (χ0v) is 14.3. The smallest absolute Gasteiger partial charge is 0.253 e. The Morgan fingerprint density at radius 3 is 2.67 bits per heavy atom. The largest absolute Gasteiger partial charge is 0.351 e. The van der Waals surface area contributed by atoms with E-state index in [1.807, 2.05) is 68.4 Å². The van der Waals surface area contributed by atoms with Crippen LogP contribution >= 0.6 is 0 Å². The zero-order chi connectivity index (χ0) is 17.1. The molecule has 0 radical (unpaired) electrons. The highest BCUT2D eigenvalue weighted by atomic mass is 16.1. The summed E-state index contributed by atoms with van der Waals surface area (Å²) in [6.07, 6.45) is 0. The van der Waals surface area contributed by atoms with Crippen LogP contribution in [0.15, 0.2) is 42.5 Å². The standard InChI is InChI=1S/C19H22N4O/c1-13-11-15(19(24)20-9-10-23(2)3)17-16(12-13)21-18(22-17)14-7-5-4-6-8-14/h4-8,11-12H,9-10H2,1-3H3,(H,20,24)(H,21,22). The van der Waals surface area contributed by atoms with E-state index in [2.05, 4.69) is 15.3 Å². The number of H-pyrrole nitrogens is 1. The van der Waals surface area contributed by atoms with Crippen LogP contribution in [0.2, 0.25) is 0 Å². The summed E-state index contributed by atoms with van der Waals surface area (Å²) in [7, 11) is 3.97. The van der Waals surface area contributed by atoms with Gasteiger partial charge in [0.1, 0.15) is 11.3 Å². The maximum atomic E-state index is 12.6. The van der Waals surface area contributed by atoms with Gasteiger partial charge in [-0.1, -0.05) is 30.3 Å². The number of aromatic amines is 1. The van der Waals surface area contributed by atoms with E-state index in [1.165, 1.54) is 0 Å². The number of hydrogen-bond donors (Lipinski definition) is 2. The molecular formula is C19H22N4O. The van der Waals surface area contributed by atoms with Crippen LogP contribution in [0, 0.1) is 6.92 Å². The molecule has 0 aliphatic rings. The van der Waals surface area contributed by atoms with Crippen LogP contribution in [0.5, 0.6) is 0 Å². The van der Waals surface area contributed by atoms with Gasteiger partial charge in [0, 0.05) is 18.7 Å². The van der Waals surface area contributed by atoms with Gasteiger partial charge in [-0.2, -0.15) is 0 Å². The molecule has 0 saturated carbocycles. The third-order valence-corrected chi connectivity index (χ3v) is 3.87. The summed E-state index contributed by atoms with van der Waals surface area (Å²) in [4.78, 5) is 22.6. The number of aromatic nitrogens is 2. The Balaban J connectivity index is 1.95. The zero-order valence-electron chi connectivity index (χ0n) is 14.3. The second-order valence-corrected chi connectivity index (χ2v) is 6.22. The van der Waals surface area contributed by atoms with Crippen molar-refractivity contribution in [3.8, 4) is 11.4 Å². The van der Waals surface area contributed by atoms with Crippen LogP contribution in [-0.4, -0.2) is 48.0 Å². The molecule has 24 heavy (non-hydrogen) atoms. The first-order valence-electron chi connectivity index (χ1n) is 8.03. The molecule has 1 heterocycles. The van der Waals surface area contributed by atoms with Gasteiger partial charge < -0.3 is 15.2 Å². The first-order chi connectivity index (χ1) is 11.5. The van der Waals surface area contributed by atoms with Crippen molar-refractivity contribution in [3.63, 3.8) is 0 Å². The average Bonchev–Trinajstić information content (AvgIpc) is 2.98. The Labute approximate surface area is 141 Å². The van der Waals surface area contributed by atoms with Crippen molar-refractivity contribution in [2.45, 2.75) is 6.92 Å². The number of nitrogens with one attached hydrogen (secondary N) is 2. The van der Waals surface area contributed by atoms with E-state index >= 15 is 0 Å². The number of amides is 1. The summed E-state index contributed by atoms with van der Waals surface area (Å²) in [5.74, 6) is 0.690. The van der Waals surface area contributed by atoms with E-state index in [1.54, 1.807) is 0 Å².